The average molecular weight is 284 g/mol. The van der Waals surface area contributed by atoms with Crippen LogP contribution in [-0.4, -0.2) is 24.8 Å². The molecule has 0 N–H and O–H groups in total. The molecule has 0 aromatic rings. The largest absolute Gasteiger partial charge is 0.459 e. The fraction of sp³-hybridized carbons (Fsp3) is 0.941. The first-order chi connectivity index (χ1) is 9.35. The number of hydrogen-bond acceptors (Lipinski definition) is 3. The number of hydrogen-bond donors (Lipinski definition) is 0. The molecular formula is C17H32O3. The Morgan fingerprint density at radius 1 is 1.10 bits per heavy atom. The molecule has 118 valence electrons. The van der Waals surface area contributed by atoms with Crippen LogP contribution >= 0.6 is 0 Å². The molecule has 1 rings (SSSR count). The van der Waals surface area contributed by atoms with Gasteiger partial charge in [-0.2, -0.15) is 0 Å². The zero-order chi connectivity index (χ0) is 15.2. The van der Waals surface area contributed by atoms with Crippen molar-refractivity contribution in [3.63, 3.8) is 0 Å². The molecule has 3 heteroatoms. The standard InChI is InChI=1S/C17H32O3/c1-6-16(3,4)15(18)20-17(5,7-2)14-10-8-12-19-13-9-11-14/h14H,6-13H2,1-5H3. The highest BCUT2D eigenvalue weighted by Crippen LogP contribution is 2.36. The first-order valence-electron chi connectivity index (χ1n) is 8.17. The lowest BCUT2D eigenvalue weighted by atomic mass is 9.79. The average Bonchev–Trinajstić information content (AvgIpc) is 2.37. The molecule has 0 aromatic heterocycles. The van der Waals surface area contributed by atoms with Crippen LogP contribution in [0.1, 0.15) is 73.1 Å². The third-order valence-electron chi connectivity index (χ3n) is 5.01. The number of esters is 1. The van der Waals surface area contributed by atoms with Crippen molar-refractivity contribution in [1.82, 2.24) is 0 Å². The predicted octanol–water partition coefficient (Wildman–Crippen LogP) is 4.34. The lowest BCUT2D eigenvalue weighted by Crippen LogP contribution is -2.43. The van der Waals surface area contributed by atoms with Crippen LogP contribution in [0.2, 0.25) is 0 Å². The maximum Gasteiger partial charge on any atom is 0.312 e. The molecule has 0 aromatic carbocycles. The van der Waals surface area contributed by atoms with Crippen molar-refractivity contribution in [3.8, 4) is 0 Å². The summed E-state index contributed by atoms with van der Waals surface area (Å²) >= 11 is 0. The van der Waals surface area contributed by atoms with Crippen LogP contribution in [0.25, 0.3) is 0 Å². The van der Waals surface area contributed by atoms with E-state index in [-0.39, 0.29) is 17.0 Å². The van der Waals surface area contributed by atoms with Crippen molar-refractivity contribution in [2.24, 2.45) is 11.3 Å². The van der Waals surface area contributed by atoms with E-state index in [0.29, 0.717) is 5.92 Å². The van der Waals surface area contributed by atoms with Gasteiger partial charge >= 0.3 is 5.97 Å². The summed E-state index contributed by atoms with van der Waals surface area (Å²) in [7, 11) is 0. The molecule has 0 bridgehead atoms. The highest BCUT2D eigenvalue weighted by atomic mass is 16.6. The minimum atomic E-state index is -0.388. The molecule has 1 fully saturated rings. The monoisotopic (exact) mass is 284 g/mol. The molecular weight excluding hydrogens is 252 g/mol. The van der Waals surface area contributed by atoms with Gasteiger partial charge in [-0.25, -0.2) is 0 Å². The minimum Gasteiger partial charge on any atom is -0.459 e. The molecule has 1 saturated heterocycles. The van der Waals surface area contributed by atoms with Crippen molar-refractivity contribution in [2.45, 2.75) is 78.7 Å². The van der Waals surface area contributed by atoms with Gasteiger partial charge in [0.1, 0.15) is 5.60 Å². The van der Waals surface area contributed by atoms with Gasteiger partial charge in [-0.3, -0.25) is 4.79 Å². The first kappa shape index (κ1) is 17.5. The van der Waals surface area contributed by atoms with Crippen LogP contribution in [0.4, 0.5) is 0 Å². The Hall–Kier alpha value is -0.570. The molecule has 0 spiro atoms. The first-order valence-corrected chi connectivity index (χ1v) is 8.17. The van der Waals surface area contributed by atoms with Crippen molar-refractivity contribution < 1.29 is 14.3 Å². The Balaban J connectivity index is 2.76. The van der Waals surface area contributed by atoms with E-state index in [0.717, 1.165) is 51.7 Å². The highest BCUT2D eigenvalue weighted by molar-refractivity contribution is 5.76. The van der Waals surface area contributed by atoms with Crippen LogP contribution in [0.3, 0.4) is 0 Å². The lowest BCUT2D eigenvalue weighted by molar-refractivity contribution is -0.177. The Morgan fingerprint density at radius 3 is 2.10 bits per heavy atom. The maximum absolute atomic E-state index is 12.4. The van der Waals surface area contributed by atoms with Crippen molar-refractivity contribution in [2.75, 3.05) is 13.2 Å². The van der Waals surface area contributed by atoms with E-state index in [1.54, 1.807) is 0 Å². The van der Waals surface area contributed by atoms with E-state index >= 15 is 0 Å². The SMILES string of the molecule is CCC(C)(C)C(=O)OC(C)(CC)C1CCCOCCC1. The fourth-order valence-corrected chi connectivity index (χ4v) is 2.66. The molecule has 1 atom stereocenters. The fourth-order valence-electron chi connectivity index (χ4n) is 2.66. The maximum atomic E-state index is 12.4. The van der Waals surface area contributed by atoms with Crippen LogP contribution < -0.4 is 0 Å². The minimum absolute atomic E-state index is 0.0531. The van der Waals surface area contributed by atoms with Gasteiger partial charge in [0.25, 0.3) is 0 Å². The number of carbonyl (C=O) groups excluding carboxylic acids is 1. The summed E-state index contributed by atoms with van der Waals surface area (Å²) in [5.41, 5.74) is -0.720. The van der Waals surface area contributed by atoms with Gasteiger partial charge in [0.05, 0.1) is 5.41 Å². The van der Waals surface area contributed by atoms with Crippen molar-refractivity contribution in [3.05, 3.63) is 0 Å². The van der Waals surface area contributed by atoms with E-state index in [1.807, 2.05) is 20.8 Å². The van der Waals surface area contributed by atoms with Gasteiger partial charge in [0.15, 0.2) is 0 Å². The van der Waals surface area contributed by atoms with Crippen LogP contribution in [-0.2, 0) is 14.3 Å². The summed E-state index contributed by atoms with van der Waals surface area (Å²) in [4.78, 5) is 12.4. The summed E-state index contributed by atoms with van der Waals surface area (Å²) in [6.45, 7) is 11.9. The second kappa shape index (κ2) is 7.44. The quantitative estimate of drug-likeness (QED) is 0.704. The third kappa shape index (κ3) is 4.47. The molecule has 3 nitrogen and oxygen atoms in total. The lowest BCUT2D eigenvalue weighted by Gasteiger charge is -2.39. The number of ether oxygens (including phenoxy) is 2. The second-order valence-electron chi connectivity index (χ2n) is 6.89. The van der Waals surface area contributed by atoms with E-state index < -0.39 is 0 Å². The zero-order valence-electron chi connectivity index (χ0n) is 14.0. The second-order valence-corrected chi connectivity index (χ2v) is 6.89. The van der Waals surface area contributed by atoms with Gasteiger partial charge in [-0.05, 0) is 65.2 Å². The van der Waals surface area contributed by atoms with E-state index in [9.17, 15) is 4.79 Å². The van der Waals surface area contributed by atoms with E-state index in [4.69, 9.17) is 9.47 Å². The summed E-state index contributed by atoms with van der Waals surface area (Å²) in [6, 6.07) is 0. The molecule has 0 radical (unpaired) electrons. The summed E-state index contributed by atoms with van der Waals surface area (Å²) in [5.74, 6) is 0.399. The van der Waals surface area contributed by atoms with Crippen molar-refractivity contribution >= 4 is 5.97 Å². The smallest absolute Gasteiger partial charge is 0.312 e. The van der Waals surface area contributed by atoms with Gasteiger partial charge in [0, 0.05) is 13.2 Å². The molecule has 1 aliphatic heterocycles. The summed E-state index contributed by atoms with van der Waals surface area (Å²) < 4.78 is 11.5. The van der Waals surface area contributed by atoms with Crippen LogP contribution in [0.15, 0.2) is 0 Å². The highest BCUT2D eigenvalue weighted by Gasteiger charge is 2.39. The topological polar surface area (TPSA) is 35.5 Å². The Bertz CT molecular complexity index is 303. The zero-order valence-corrected chi connectivity index (χ0v) is 14.0. The molecule has 1 unspecified atom stereocenters. The molecule has 0 saturated carbocycles. The van der Waals surface area contributed by atoms with E-state index in [2.05, 4.69) is 13.8 Å². The Morgan fingerprint density at radius 2 is 1.65 bits per heavy atom. The molecule has 0 aliphatic carbocycles. The molecule has 0 amide bonds. The number of carbonyl (C=O) groups is 1. The molecule has 1 heterocycles. The molecule has 20 heavy (non-hydrogen) atoms. The van der Waals surface area contributed by atoms with Gasteiger partial charge < -0.3 is 9.47 Å². The van der Waals surface area contributed by atoms with E-state index in [1.165, 1.54) is 0 Å². The summed E-state index contributed by atoms with van der Waals surface area (Å²) in [5, 5.41) is 0. The van der Waals surface area contributed by atoms with Gasteiger partial charge in [-0.1, -0.05) is 13.8 Å². The van der Waals surface area contributed by atoms with Crippen LogP contribution in [0.5, 0.6) is 0 Å². The third-order valence-corrected chi connectivity index (χ3v) is 5.01. The number of rotatable bonds is 5. The molecule has 1 aliphatic rings. The van der Waals surface area contributed by atoms with Crippen LogP contribution in [0, 0.1) is 11.3 Å². The Labute approximate surface area is 124 Å². The van der Waals surface area contributed by atoms with Gasteiger partial charge in [-0.15, -0.1) is 0 Å². The summed E-state index contributed by atoms with van der Waals surface area (Å²) in [6.07, 6.45) is 5.99. The van der Waals surface area contributed by atoms with Gasteiger partial charge in [0.2, 0.25) is 0 Å². The predicted molar refractivity (Wildman–Crippen MR) is 81.6 cm³/mol. The normalized spacial score (nSPS) is 21.6. The van der Waals surface area contributed by atoms with Crippen molar-refractivity contribution in [1.29, 1.82) is 0 Å². The Kier molecular flexibility index (Phi) is 6.50.